The molecule has 0 radical (unpaired) electrons. The number of amides is 1. The van der Waals surface area contributed by atoms with Crippen molar-refractivity contribution in [3.05, 3.63) is 30.6 Å². The number of nitrogens with zero attached hydrogens (tertiary/aromatic N) is 2. The molecule has 112 valence electrons. The quantitative estimate of drug-likeness (QED) is 0.851. The lowest BCUT2D eigenvalue weighted by Gasteiger charge is -2.18. The summed E-state index contributed by atoms with van der Waals surface area (Å²) in [5, 5.41) is 11.5. The molecule has 0 saturated heterocycles. The van der Waals surface area contributed by atoms with Gasteiger partial charge in [-0.3, -0.25) is 9.59 Å². The second-order valence-corrected chi connectivity index (χ2v) is 5.16. The van der Waals surface area contributed by atoms with E-state index in [9.17, 15) is 9.59 Å². The van der Waals surface area contributed by atoms with Crippen LogP contribution >= 0.6 is 0 Å². The summed E-state index contributed by atoms with van der Waals surface area (Å²) in [6.45, 7) is 3.60. The molecule has 2 aromatic rings. The molecule has 0 bridgehead atoms. The Morgan fingerprint density at radius 3 is 2.76 bits per heavy atom. The van der Waals surface area contributed by atoms with Crippen molar-refractivity contribution in [2.75, 3.05) is 0 Å². The topological polar surface area (TPSA) is 84.2 Å². The SMILES string of the molecule is CC(CCC(=O)O)NC(=O)C(C)n1cnc2ccccc21. The van der Waals surface area contributed by atoms with E-state index in [4.69, 9.17) is 5.11 Å². The minimum atomic E-state index is -0.857. The average molecular weight is 289 g/mol. The summed E-state index contributed by atoms with van der Waals surface area (Å²) in [6, 6.07) is 7.04. The molecule has 2 unspecified atom stereocenters. The normalized spacial score (nSPS) is 13.8. The molecule has 6 heteroatoms. The Morgan fingerprint density at radius 2 is 2.05 bits per heavy atom. The third-order valence-corrected chi connectivity index (χ3v) is 3.46. The highest BCUT2D eigenvalue weighted by Crippen LogP contribution is 2.17. The highest BCUT2D eigenvalue weighted by molar-refractivity contribution is 5.83. The van der Waals surface area contributed by atoms with Gasteiger partial charge in [-0.25, -0.2) is 4.98 Å². The smallest absolute Gasteiger partial charge is 0.303 e. The van der Waals surface area contributed by atoms with Crippen molar-refractivity contribution in [2.45, 2.75) is 38.8 Å². The fraction of sp³-hybridized carbons (Fsp3) is 0.400. The third-order valence-electron chi connectivity index (χ3n) is 3.46. The highest BCUT2D eigenvalue weighted by Gasteiger charge is 2.18. The van der Waals surface area contributed by atoms with Gasteiger partial charge in [-0.2, -0.15) is 0 Å². The molecular weight excluding hydrogens is 270 g/mol. The number of benzene rings is 1. The van der Waals surface area contributed by atoms with Crippen molar-refractivity contribution < 1.29 is 14.7 Å². The molecule has 0 aliphatic rings. The molecule has 0 aliphatic carbocycles. The lowest BCUT2D eigenvalue weighted by atomic mass is 10.1. The Kier molecular flexibility index (Phi) is 4.57. The van der Waals surface area contributed by atoms with Gasteiger partial charge in [0.05, 0.1) is 17.4 Å². The van der Waals surface area contributed by atoms with Crippen molar-refractivity contribution in [3.63, 3.8) is 0 Å². The maximum Gasteiger partial charge on any atom is 0.303 e. The Labute approximate surface area is 122 Å². The Hall–Kier alpha value is -2.37. The Bertz CT molecular complexity index is 650. The lowest BCUT2D eigenvalue weighted by Crippen LogP contribution is -2.37. The van der Waals surface area contributed by atoms with Gasteiger partial charge in [0, 0.05) is 12.5 Å². The summed E-state index contributed by atoms with van der Waals surface area (Å²) < 4.78 is 1.81. The third kappa shape index (κ3) is 3.59. The fourth-order valence-electron chi connectivity index (χ4n) is 2.19. The maximum absolute atomic E-state index is 12.2. The molecule has 1 aromatic heterocycles. The van der Waals surface area contributed by atoms with E-state index >= 15 is 0 Å². The molecule has 1 aromatic carbocycles. The van der Waals surface area contributed by atoms with E-state index in [1.54, 1.807) is 20.2 Å². The van der Waals surface area contributed by atoms with Gasteiger partial charge in [0.2, 0.25) is 5.91 Å². The second kappa shape index (κ2) is 6.39. The lowest BCUT2D eigenvalue weighted by molar-refractivity contribution is -0.137. The number of nitrogens with one attached hydrogen (secondary N) is 1. The van der Waals surface area contributed by atoms with Crippen LogP contribution in [0.1, 0.15) is 32.7 Å². The number of carboxylic acid groups (broad SMARTS) is 1. The summed E-state index contributed by atoms with van der Waals surface area (Å²) in [4.78, 5) is 27.0. The minimum Gasteiger partial charge on any atom is -0.481 e. The highest BCUT2D eigenvalue weighted by atomic mass is 16.4. The monoisotopic (exact) mass is 289 g/mol. The zero-order valence-electron chi connectivity index (χ0n) is 12.1. The summed E-state index contributed by atoms with van der Waals surface area (Å²) in [5.74, 6) is -0.999. The van der Waals surface area contributed by atoms with Crippen LogP contribution in [0, 0.1) is 0 Å². The van der Waals surface area contributed by atoms with Crippen LogP contribution in [0.15, 0.2) is 30.6 Å². The number of imidazole rings is 1. The fourth-order valence-corrected chi connectivity index (χ4v) is 2.19. The van der Waals surface area contributed by atoms with Crippen LogP contribution in [0.2, 0.25) is 0 Å². The number of para-hydroxylation sites is 2. The van der Waals surface area contributed by atoms with Crippen LogP contribution in [0.3, 0.4) is 0 Å². The summed E-state index contributed by atoms with van der Waals surface area (Å²) in [5.41, 5.74) is 1.74. The first-order valence-electron chi connectivity index (χ1n) is 6.92. The maximum atomic E-state index is 12.2. The van der Waals surface area contributed by atoms with Gasteiger partial charge in [0.25, 0.3) is 0 Å². The van der Waals surface area contributed by atoms with Gasteiger partial charge in [0.15, 0.2) is 0 Å². The summed E-state index contributed by atoms with van der Waals surface area (Å²) >= 11 is 0. The molecule has 2 rings (SSSR count). The van der Waals surface area contributed by atoms with E-state index in [0.29, 0.717) is 6.42 Å². The first kappa shape index (κ1) is 15.0. The van der Waals surface area contributed by atoms with E-state index in [2.05, 4.69) is 10.3 Å². The summed E-state index contributed by atoms with van der Waals surface area (Å²) in [7, 11) is 0. The number of rotatable bonds is 6. The zero-order chi connectivity index (χ0) is 15.4. The van der Waals surface area contributed by atoms with Crippen molar-refractivity contribution in [3.8, 4) is 0 Å². The molecule has 1 heterocycles. The predicted octanol–water partition coefficient (Wildman–Crippen LogP) is 1.97. The van der Waals surface area contributed by atoms with Crippen LogP contribution in [-0.2, 0) is 9.59 Å². The van der Waals surface area contributed by atoms with Gasteiger partial charge in [0.1, 0.15) is 6.04 Å². The van der Waals surface area contributed by atoms with E-state index in [1.165, 1.54) is 0 Å². The number of hydrogen-bond acceptors (Lipinski definition) is 3. The van der Waals surface area contributed by atoms with E-state index in [1.807, 2.05) is 28.8 Å². The average Bonchev–Trinajstić information content (AvgIpc) is 2.88. The molecule has 0 aliphatic heterocycles. The van der Waals surface area contributed by atoms with Gasteiger partial charge in [-0.1, -0.05) is 12.1 Å². The van der Waals surface area contributed by atoms with Crippen LogP contribution in [0.25, 0.3) is 11.0 Å². The number of fused-ring (bicyclic) bond motifs is 1. The van der Waals surface area contributed by atoms with Crippen molar-refractivity contribution in [1.82, 2.24) is 14.9 Å². The van der Waals surface area contributed by atoms with Crippen LogP contribution in [0.4, 0.5) is 0 Å². The first-order chi connectivity index (χ1) is 9.99. The predicted molar refractivity (Wildman–Crippen MR) is 78.9 cm³/mol. The summed E-state index contributed by atoms with van der Waals surface area (Å²) in [6.07, 6.45) is 2.11. The molecule has 0 fully saturated rings. The minimum absolute atomic E-state index is 0.0455. The molecule has 1 amide bonds. The van der Waals surface area contributed by atoms with Crippen LogP contribution in [0.5, 0.6) is 0 Å². The number of aromatic nitrogens is 2. The van der Waals surface area contributed by atoms with Crippen LogP contribution in [-0.4, -0.2) is 32.6 Å². The molecular formula is C15H19N3O3. The first-order valence-corrected chi connectivity index (χ1v) is 6.92. The van der Waals surface area contributed by atoms with E-state index in [-0.39, 0.29) is 18.4 Å². The van der Waals surface area contributed by atoms with Crippen LogP contribution < -0.4 is 5.32 Å². The van der Waals surface area contributed by atoms with Gasteiger partial charge < -0.3 is 15.0 Å². The standard InChI is InChI=1S/C15H19N3O3/c1-10(7-8-14(19)20)17-15(21)11(2)18-9-16-12-5-3-4-6-13(12)18/h3-6,9-11H,7-8H2,1-2H3,(H,17,21)(H,19,20). The Morgan fingerprint density at radius 1 is 1.33 bits per heavy atom. The zero-order valence-corrected chi connectivity index (χ0v) is 12.1. The second-order valence-electron chi connectivity index (χ2n) is 5.16. The molecule has 6 nitrogen and oxygen atoms in total. The van der Waals surface area contributed by atoms with Gasteiger partial charge in [-0.05, 0) is 32.4 Å². The number of aliphatic carboxylic acids is 1. The largest absolute Gasteiger partial charge is 0.481 e. The number of hydrogen-bond donors (Lipinski definition) is 2. The van der Waals surface area contributed by atoms with Gasteiger partial charge in [-0.15, -0.1) is 0 Å². The van der Waals surface area contributed by atoms with Crippen molar-refractivity contribution >= 4 is 22.9 Å². The van der Waals surface area contributed by atoms with E-state index in [0.717, 1.165) is 11.0 Å². The molecule has 0 saturated carbocycles. The number of carbonyl (C=O) groups is 2. The molecule has 2 N–H and O–H groups in total. The van der Waals surface area contributed by atoms with E-state index < -0.39 is 12.0 Å². The number of carboxylic acids is 1. The number of carbonyl (C=O) groups excluding carboxylic acids is 1. The molecule has 0 spiro atoms. The van der Waals surface area contributed by atoms with Crippen molar-refractivity contribution in [2.24, 2.45) is 0 Å². The van der Waals surface area contributed by atoms with Crippen molar-refractivity contribution in [1.29, 1.82) is 0 Å². The molecule has 2 atom stereocenters. The molecule has 21 heavy (non-hydrogen) atoms. The van der Waals surface area contributed by atoms with Gasteiger partial charge >= 0.3 is 5.97 Å². The Balaban J connectivity index is 2.04.